The number of hydrogen-bond acceptors (Lipinski definition) is 1. The lowest BCUT2D eigenvalue weighted by molar-refractivity contribution is 0.617. The van der Waals surface area contributed by atoms with Crippen LogP contribution in [-0.2, 0) is 0 Å². The van der Waals surface area contributed by atoms with Gasteiger partial charge in [0.1, 0.15) is 5.82 Å². The van der Waals surface area contributed by atoms with Crippen LogP contribution in [0.25, 0.3) is 0 Å². The Morgan fingerprint density at radius 2 is 2.20 bits per heavy atom. The summed E-state index contributed by atoms with van der Waals surface area (Å²) in [5.41, 5.74) is 7.90. The minimum absolute atomic E-state index is 0. The molecule has 0 aromatic heterocycles. The lowest BCUT2D eigenvalue weighted by Crippen LogP contribution is -2.11. The Morgan fingerprint density at radius 3 is 2.73 bits per heavy atom. The number of allylic oxidation sites excluding steroid dienone is 1. The Morgan fingerprint density at radius 1 is 1.53 bits per heavy atom. The fraction of sp³-hybridized carbons (Fsp3) is 0.333. The smallest absolute Gasteiger partial charge is 0.123 e. The van der Waals surface area contributed by atoms with Crippen LogP contribution in [0.1, 0.15) is 30.0 Å². The van der Waals surface area contributed by atoms with Crippen LogP contribution >= 0.6 is 12.4 Å². The first-order valence-corrected chi connectivity index (χ1v) is 4.77. The summed E-state index contributed by atoms with van der Waals surface area (Å²) in [5, 5.41) is 0. The zero-order valence-electron chi connectivity index (χ0n) is 8.87. The van der Waals surface area contributed by atoms with E-state index in [-0.39, 0.29) is 24.3 Å². The van der Waals surface area contributed by atoms with Crippen LogP contribution in [0.2, 0.25) is 0 Å². The minimum Gasteiger partial charge on any atom is -0.324 e. The molecule has 1 aromatic carbocycles. The van der Waals surface area contributed by atoms with Gasteiger partial charge in [-0.3, -0.25) is 0 Å². The van der Waals surface area contributed by atoms with Gasteiger partial charge in [-0.2, -0.15) is 0 Å². The van der Waals surface area contributed by atoms with Crippen LogP contribution < -0.4 is 5.73 Å². The summed E-state index contributed by atoms with van der Waals surface area (Å²) in [5.74, 6) is -0.206. The van der Waals surface area contributed by atoms with Gasteiger partial charge in [0, 0.05) is 6.04 Å². The average Bonchev–Trinajstić information content (AvgIpc) is 2.14. The van der Waals surface area contributed by atoms with Crippen molar-refractivity contribution in [3.63, 3.8) is 0 Å². The highest BCUT2D eigenvalue weighted by atomic mass is 35.5. The van der Waals surface area contributed by atoms with Crippen molar-refractivity contribution < 1.29 is 4.39 Å². The molecule has 0 saturated carbocycles. The first-order valence-electron chi connectivity index (χ1n) is 4.77. The molecule has 3 heteroatoms. The molecule has 1 rings (SSSR count). The van der Waals surface area contributed by atoms with Gasteiger partial charge in [0.25, 0.3) is 0 Å². The number of halogens is 2. The van der Waals surface area contributed by atoms with Gasteiger partial charge in [-0.1, -0.05) is 12.1 Å². The molecule has 0 aliphatic heterocycles. The van der Waals surface area contributed by atoms with E-state index in [1.165, 1.54) is 12.1 Å². The van der Waals surface area contributed by atoms with E-state index in [9.17, 15) is 4.39 Å². The second kappa shape index (κ2) is 6.59. The third-order valence-corrected chi connectivity index (χ3v) is 2.31. The number of benzene rings is 1. The summed E-state index contributed by atoms with van der Waals surface area (Å²) >= 11 is 0. The van der Waals surface area contributed by atoms with Crippen LogP contribution in [0.4, 0.5) is 4.39 Å². The zero-order valence-corrected chi connectivity index (χ0v) is 9.69. The van der Waals surface area contributed by atoms with Crippen LogP contribution in [-0.4, -0.2) is 0 Å². The van der Waals surface area contributed by atoms with Gasteiger partial charge in [-0.15, -0.1) is 19.0 Å². The summed E-state index contributed by atoms with van der Waals surface area (Å²) in [6.07, 6.45) is 3.59. The molecular formula is C12H17ClFN. The SMILES string of the molecule is C=CCC[C@H](N)c1ccc(F)cc1C.Cl. The van der Waals surface area contributed by atoms with Crippen molar-refractivity contribution in [2.45, 2.75) is 25.8 Å². The topological polar surface area (TPSA) is 26.0 Å². The third kappa shape index (κ3) is 4.02. The molecule has 1 aromatic rings. The Bertz CT molecular complexity index is 325. The first-order chi connectivity index (χ1) is 6.65. The predicted molar refractivity (Wildman–Crippen MR) is 64.7 cm³/mol. The molecule has 2 N–H and O–H groups in total. The molecule has 0 aliphatic carbocycles. The van der Waals surface area contributed by atoms with Gasteiger partial charge in [0.05, 0.1) is 0 Å². The molecule has 0 bridgehead atoms. The van der Waals surface area contributed by atoms with E-state index in [0.717, 1.165) is 24.0 Å². The number of rotatable bonds is 4. The molecule has 0 saturated heterocycles. The van der Waals surface area contributed by atoms with E-state index in [1.54, 1.807) is 6.07 Å². The lowest BCUT2D eigenvalue weighted by Gasteiger charge is -2.13. The molecule has 0 radical (unpaired) electrons. The Labute approximate surface area is 96.6 Å². The van der Waals surface area contributed by atoms with E-state index in [1.807, 2.05) is 13.0 Å². The summed E-state index contributed by atoms with van der Waals surface area (Å²) < 4.78 is 12.8. The van der Waals surface area contributed by atoms with Crippen molar-refractivity contribution in [3.05, 3.63) is 47.8 Å². The summed E-state index contributed by atoms with van der Waals surface area (Å²) in [7, 11) is 0. The molecule has 0 aliphatic rings. The largest absolute Gasteiger partial charge is 0.324 e. The average molecular weight is 230 g/mol. The zero-order chi connectivity index (χ0) is 10.6. The molecule has 0 heterocycles. The molecule has 15 heavy (non-hydrogen) atoms. The van der Waals surface area contributed by atoms with Gasteiger partial charge in [0.2, 0.25) is 0 Å². The third-order valence-electron chi connectivity index (χ3n) is 2.31. The molecule has 1 nitrogen and oxygen atoms in total. The van der Waals surface area contributed by atoms with E-state index >= 15 is 0 Å². The van der Waals surface area contributed by atoms with Crippen LogP contribution in [0.5, 0.6) is 0 Å². The summed E-state index contributed by atoms with van der Waals surface area (Å²) in [4.78, 5) is 0. The van der Waals surface area contributed by atoms with Crippen LogP contribution in [0.15, 0.2) is 30.9 Å². The molecular weight excluding hydrogens is 213 g/mol. The van der Waals surface area contributed by atoms with Gasteiger partial charge < -0.3 is 5.73 Å². The quantitative estimate of drug-likeness (QED) is 0.786. The molecule has 0 unspecified atom stereocenters. The van der Waals surface area contributed by atoms with Crippen LogP contribution in [0.3, 0.4) is 0 Å². The maximum absolute atomic E-state index is 12.8. The van der Waals surface area contributed by atoms with Crippen molar-refractivity contribution in [1.82, 2.24) is 0 Å². The summed E-state index contributed by atoms with van der Waals surface area (Å²) in [6.45, 7) is 5.53. The number of hydrogen-bond donors (Lipinski definition) is 1. The van der Waals surface area contributed by atoms with Gasteiger partial charge in [-0.05, 0) is 43.0 Å². The predicted octanol–water partition coefficient (Wildman–Crippen LogP) is 3.52. The number of aryl methyl sites for hydroxylation is 1. The highest BCUT2D eigenvalue weighted by Crippen LogP contribution is 2.20. The highest BCUT2D eigenvalue weighted by Gasteiger charge is 2.08. The Hall–Kier alpha value is -0.860. The van der Waals surface area contributed by atoms with Crippen molar-refractivity contribution in [2.75, 3.05) is 0 Å². The van der Waals surface area contributed by atoms with E-state index in [4.69, 9.17) is 5.73 Å². The van der Waals surface area contributed by atoms with Crippen molar-refractivity contribution in [1.29, 1.82) is 0 Å². The Kier molecular flexibility index (Phi) is 6.21. The van der Waals surface area contributed by atoms with Crippen LogP contribution in [0, 0.1) is 12.7 Å². The summed E-state index contributed by atoms with van der Waals surface area (Å²) in [6, 6.07) is 4.71. The van der Waals surface area contributed by atoms with Gasteiger partial charge in [0.15, 0.2) is 0 Å². The van der Waals surface area contributed by atoms with E-state index < -0.39 is 0 Å². The monoisotopic (exact) mass is 229 g/mol. The van der Waals surface area contributed by atoms with Gasteiger partial charge >= 0.3 is 0 Å². The van der Waals surface area contributed by atoms with E-state index in [0.29, 0.717) is 0 Å². The normalized spacial score (nSPS) is 11.7. The fourth-order valence-electron chi connectivity index (χ4n) is 1.51. The molecule has 0 fully saturated rings. The second-order valence-electron chi connectivity index (χ2n) is 3.47. The minimum atomic E-state index is -0.206. The molecule has 0 spiro atoms. The lowest BCUT2D eigenvalue weighted by atomic mass is 9.98. The van der Waals surface area contributed by atoms with Crippen molar-refractivity contribution in [2.24, 2.45) is 5.73 Å². The van der Waals surface area contributed by atoms with Crippen molar-refractivity contribution >= 4 is 12.4 Å². The Balaban J connectivity index is 0.00000196. The maximum Gasteiger partial charge on any atom is 0.123 e. The molecule has 1 atom stereocenters. The standard InChI is InChI=1S/C12H16FN.ClH/c1-3-4-5-12(14)11-7-6-10(13)8-9(11)2;/h3,6-8,12H,1,4-5,14H2,2H3;1H/t12-;/m0./s1. The number of nitrogens with two attached hydrogens (primary N) is 1. The molecule has 0 amide bonds. The second-order valence-corrected chi connectivity index (χ2v) is 3.47. The van der Waals surface area contributed by atoms with Crippen molar-refractivity contribution in [3.8, 4) is 0 Å². The first kappa shape index (κ1) is 14.1. The fourth-order valence-corrected chi connectivity index (χ4v) is 1.51. The van der Waals surface area contributed by atoms with E-state index in [2.05, 4.69) is 6.58 Å². The highest BCUT2D eigenvalue weighted by molar-refractivity contribution is 5.85. The molecule has 84 valence electrons. The maximum atomic E-state index is 12.8. The van der Waals surface area contributed by atoms with Gasteiger partial charge in [-0.25, -0.2) is 4.39 Å².